The Kier molecular flexibility index (Phi) is 5.25. The molecule has 1 aliphatic carbocycles. The van der Waals surface area contributed by atoms with Gasteiger partial charge in [-0.1, -0.05) is 0 Å². The lowest BCUT2D eigenvalue weighted by atomic mass is 9.94. The third-order valence-electron chi connectivity index (χ3n) is 6.35. The highest BCUT2D eigenvalue weighted by atomic mass is 19.3. The van der Waals surface area contributed by atoms with Gasteiger partial charge in [0, 0.05) is 38.0 Å². The van der Waals surface area contributed by atoms with Crippen molar-refractivity contribution in [1.82, 2.24) is 9.55 Å². The molecule has 1 aromatic heterocycles. The Bertz CT molecular complexity index is 1070. The highest BCUT2D eigenvalue weighted by molar-refractivity contribution is 5.48. The number of rotatable bonds is 5. The van der Waals surface area contributed by atoms with Crippen molar-refractivity contribution >= 4 is 5.82 Å². The molecule has 0 N–H and O–H groups in total. The molecule has 2 fully saturated rings. The fourth-order valence-electron chi connectivity index (χ4n) is 4.85. The summed E-state index contributed by atoms with van der Waals surface area (Å²) in [4.78, 5) is 18.4. The lowest BCUT2D eigenvalue weighted by molar-refractivity contribution is -0.0707. The van der Waals surface area contributed by atoms with Crippen molar-refractivity contribution in [2.24, 2.45) is 0 Å². The molecule has 0 radical (unpaired) electrons. The predicted octanol–water partition coefficient (Wildman–Crippen LogP) is 4.04. The molecule has 172 valence electrons. The van der Waals surface area contributed by atoms with Crippen LogP contribution in [0.3, 0.4) is 0 Å². The van der Waals surface area contributed by atoms with Gasteiger partial charge in [-0.15, -0.1) is 0 Å². The number of aromatic nitrogens is 2. The van der Waals surface area contributed by atoms with Crippen LogP contribution in [-0.2, 0) is 13.2 Å². The minimum absolute atomic E-state index is 0.0828. The number of alkyl halides is 2. The van der Waals surface area contributed by atoms with Gasteiger partial charge in [-0.2, -0.15) is 4.98 Å². The van der Waals surface area contributed by atoms with Crippen molar-refractivity contribution in [2.45, 2.75) is 69.7 Å². The van der Waals surface area contributed by atoms with Gasteiger partial charge in [-0.25, -0.2) is 22.4 Å². The number of hydrogen-bond acceptors (Lipinski definition) is 5. The standard InChI is InChI=1S/C22H23F4N3O3/c23-16-7-13(8-17(24)20(16)32-15-4-1-5-22(25,26)10-15)12-31-18-9-19-28-6-2-3-14(28)11-29(19)21(30)27-18/h7-9,14-15H,1-6,10-12H2. The van der Waals surface area contributed by atoms with Crippen LogP contribution in [0, 0.1) is 11.6 Å². The van der Waals surface area contributed by atoms with Crippen LogP contribution in [0.5, 0.6) is 11.6 Å². The predicted molar refractivity (Wildman–Crippen MR) is 107 cm³/mol. The Hall–Kier alpha value is -2.78. The topological polar surface area (TPSA) is 56.6 Å². The number of anilines is 1. The summed E-state index contributed by atoms with van der Waals surface area (Å²) in [5, 5.41) is 0. The second kappa shape index (κ2) is 7.97. The van der Waals surface area contributed by atoms with Gasteiger partial charge in [-0.05, 0) is 43.4 Å². The van der Waals surface area contributed by atoms with E-state index < -0.39 is 41.5 Å². The Morgan fingerprint density at radius 1 is 1.12 bits per heavy atom. The fourth-order valence-corrected chi connectivity index (χ4v) is 4.85. The van der Waals surface area contributed by atoms with Gasteiger partial charge in [0.1, 0.15) is 18.5 Å². The van der Waals surface area contributed by atoms with E-state index in [-0.39, 0.29) is 30.9 Å². The number of nitrogens with zero attached hydrogens (tertiary/aromatic N) is 3. The van der Waals surface area contributed by atoms with E-state index in [1.54, 1.807) is 10.6 Å². The van der Waals surface area contributed by atoms with E-state index in [1.807, 2.05) is 0 Å². The number of ether oxygens (including phenoxy) is 2. The molecule has 2 aromatic rings. The van der Waals surface area contributed by atoms with E-state index >= 15 is 0 Å². The summed E-state index contributed by atoms with van der Waals surface area (Å²) in [6.07, 6.45) is 0.880. The molecule has 2 atom stereocenters. The van der Waals surface area contributed by atoms with Gasteiger partial charge in [0.05, 0.1) is 0 Å². The second-order valence-electron chi connectivity index (χ2n) is 8.70. The van der Waals surface area contributed by atoms with E-state index in [4.69, 9.17) is 9.47 Å². The Morgan fingerprint density at radius 2 is 1.91 bits per heavy atom. The van der Waals surface area contributed by atoms with Gasteiger partial charge in [-0.3, -0.25) is 4.57 Å². The maximum Gasteiger partial charge on any atom is 0.352 e. The molecule has 2 aliphatic heterocycles. The molecule has 10 heteroatoms. The maximum atomic E-state index is 14.5. The number of fused-ring (bicyclic) bond motifs is 3. The molecule has 1 saturated heterocycles. The van der Waals surface area contributed by atoms with Crippen molar-refractivity contribution in [1.29, 1.82) is 0 Å². The number of benzene rings is 1. The maximum absolute atomic E-state index is 14.5. The first-order valence-electron chi connectivity index (χ1n) is 10.8. The van der Waals surface area contributed by atoms with Crippen molar-refractivity contribution < 1.29 is 27.0 Å². The van der Waals surface area contributed by atoms with Crippen molar-refractivity contribution in [3.05, 3.63) is 45.9 Å². The zero-order chi connectivity index (χ0) is 22.5. The summed E-state index contributed by atoms with van der Waals surface area (Å²) < 4.78 is 68.5. The minimum atomic E-state index is -2.89. The van der Waals surface area contributed by atoms with Crippen molar-refractivity contribution in [2.75, 3.05) is 11.4 Å². The first-order valence-corrected chi connectivity index (χ1v) is 10.8. The summed E-state index contributed by atoms with van der Waals surface area (Å²) in [6, 6.07) is 4.03. The van der Waals surface area contributed by atoms with E-state index in [2.05, 4.69) is 9.88 Å². The number of hydrogen-bond donors (Lipinski definition) is 0. The van der Waals surface area contributed by atoms with Crippen LogP contribution in [0.15, 0.2) is 23.0 Å². The van der Waals surface area contributed by atoms with Gasteiger partial charge in [0.15, 0.2) is 17.4 Å². The van der Waals surface area contributed by atoms with Gasteiger partial charge in [0.2, 0.25) is 5.88 Å². The van der Waals surface area contributed by atoms with Crippen LogP contribution in [0.4, 0.5) is 23.4 Å². The van der Waals surface area contributed by atoms with Crippen LogP contribution in [-0.4, -0.2) is 34.2 Å². The Labute approximate surface area is 181 Å². The van der Waals surface area contributed by atoms with Crippen LogP contribution >= 0.6 is 0 Å². The van der Waals surface area contributed by atoms with Crippen LogP contribution in [0.2, 0.25) is 0 Å². The van der Waals surface area contributed by atoms with Gasteiger partial charge in [0.25, 0.3) is 5.92 Å². The lowest BCUT2D eigenvalue weighted by Gasteiger charge is -2.29. The van der Waals surface area contributed by atoms with E-state index in [9.17, 15) is 22.4 Å². The van der Waals surface area contributed by atoms with Crippen LogP contribution < -0.4 is 20.1 Å². The second-order valence-corrected chi connectivity index (χ2v) is 8.70. The molecule has 0 amide bonds. The molecule has 0 bridgehead atoms. The normalized spacial score (nSPS) is 23.7. The largest absolute Gasteiger partial charge is 0.484 e. The minimum Gasteiger partial charge on any atom is -0.484 e. The molecular formula is C22H23F4N3O3. The SMILES string of the molecule is O=c1nc(OCc2cc(F)c(OC3CCCC(F)(F)C3)c(F)c2)cc2n1CC1CCCN21. The molecule has 3 heterocycles. The van der Waals surface area contributed by atoms with Crippen molar-refractivity contribution in [3.63, 3.8) is 0 Å². The third-order valence-corrected chi connectivity index (χ3v) is 6.35. The highest BCUT2D eigenvalue weighted by Gasteiger charge is 2.38. The van der Waals surface area contributed by atoms with Crippen LogP contribution in [0.1, 0.15) is 44.1 Å². The van der Waals surface area contributed by atoms with Gasteiger partial charge < -0.3 is 14.4 Å². The lowest BCUT2D eigenvalue weighted by Crippen LogP contribution is -2.33. The summed E-state index contributed by atoms with van der Waals surface area (Å²) in [6.45, 7) is 1.25. The molecule has 32 heavy (non-hydrogen) atoms. The zero-order valence-electron chi connectivity index (χ0n) is 17.3. The first kappa shape index (κ1) is 21.1. The molecule has 5 rings (SSSR count). The summed E-state index contributed by atoms with van der Waals surface area (Å²) in [5.74, 6) is -4.70. The molecule has 6 nitrogen and oxygen atoms in total. The van der Waals surface area contributed by atoms with E-state index in [0.717, 1.165) is 37.3 Å². The first-order chi connectivity index (χ1) is 15.3. The zero-order valence-corrected chi connectivity index (χ0v) is 17.3. The van der Waals surface area contributed by atoms with E-state index in [1.165, 1.54) is 0 Å². The molecule has 2 unspecified atom stereocenters. The average molecular weight is 453 g/mol. The summed E-state index contributed by atoms with van der Waals surface area (Å²) in [5.41, 5.74) is -0.250. The number of halogens is 4. The molecule has 3 aliphatic rings. The van der Waals surface area contributed by atoms with Crippen LogP contribution in [0.25, 0.3) is 0 Å². The third kappa shape index (κ3) is 4.02. The highest BCUT2D eigenvalue weighted by Crippen LogP contribution is 2.37. The Morgan fingerprint density at radius 3 is 2.66 bits per heavy atom. The summed E-state index contributed by atoms with van der Waals surface area (Å²) >= 11 is 0. The smallest absolute Gasteiger partial charge is 0.352 e. The summed E-state index contributed by atoms with van der Waals surface area (Å²) in [7, 11) is 0. The Balaban J connectivity index is 1.28. The van der Waals surface area contributed by atoms with Gasteiger partial charge >= 0.3 is 5.69 Å². The molecule has 1 aromatic carbocycles. The molecule has 1 saturated carbocycles. The average Bonchev–Trinajstić information content (AvgIpc) is 3.31. The van der Waals surface area contributed by atoms with Crippen molar-refractivity contribution in [3.8, 4) is 11.6 Å². The molecular weight excluding hydrogens is 430 g/mol. The fraction of sp³-hybridized carbons (Fsp3) is 0.545. The van der Waals surface area contributed by atoms with E-state index in [0.29, 0.717) is 19.0 Å². The monoisotopic (exact) mass is 453 g/mol. The molecule has 0 spiro atoms. The quantitative estimate of drug-likeness (QED) is 0.640.